The fourth-order valence-corrected chi connectivity index (χ4v) is 4.41. The molecule has 0 unspecified atom stereocenters. The van der Waals surface area contributed by atoms with Crippen LogP contribution in [0.4, 0.5) is 5.13 Å². The Balaban J connectivity index is 1.47. The molecule has 1 saturated heterocycles. The summed E-state index contributed by atoms with van der Waals surface area (Å²) >= 11 is 3.02. The van der Waals surface area contributed by atoms with E-state index in [1.54, 1.807) is 0 Å². The lowest BCUT2D eigenvalue weighted by atomic mass is 9.96. The van der Waals surface area contributed by atoms with Gasteiger partial charge < -0.3 is 10.2 Å². The molecule has 3 aromatic rings. The fraction of sp³-hybridized carbons (Fsp3) is 0.353. The van der Waals surface area contributed by atoms with Crippen LogP contribution in [0.2, 0.25) is 0 Å². The van der Waals surface area contributed by atoms with Crippen LogP contribution < -0.4 is 5.32 Å². The van der Waals surface area contributed by atoms with E-state index in [4.69, 9.17) is 0 Å². The van der Waals surface area contributed by atoms with Crippen molar-refractivity contribution in [2.75, 3.05) is 25.5 Å². The highest BCUT2D eigenvalue weighted by Gasteiger charge is 2.24. The van der Waals surface area contributed by atoms with Gasteiger partial charge in [-0.25, -0.2) is 4.98 Å². The number of rotatable bonds is 3. The molecule has 0 bridgehead atoms. The van der Waals surface area contributed by atoms with Gasteiger partial charge in [-0.2, -0.15) is 4.37 Å². The Bertz CT molecular complexity index is 864. The number of nitrogens with one attached hydrogen (secondary N) is 1. The highest BCUT2D eigenvalue weighted by molar-refractivity contribution is 7.19. The van der Waals surface area contributed by atoms with Crippen LogP contribution in [-0.2, 0) is 4.79 Å². The van der Waals surface area contributed by atoms with E-state index in [9.17, 15) is 4.79 Å². The summed E-state index contributed by atoms with van der Waals surface area (Å²) in [5.41, 5.74) is 1.11. The number of benzene rings is 1. The Kier molecular flexibility index (Phi) is 4.30. The number of likely N-dealkylation sites (tertiary alicyclic amines) is 1. The number of aromatic nitrogens is 2. The molecule has 2 aromatic heterocycles. The van der Waals surface area contributed by atoms with Crippen LogP contribution >= 0.6 is 22.9 Å². The molecule has 3 heterocycles. The molecule has 0 atom stereocenters. The van der Waals surface area contributed by atoms with Crippen molar-refractivity contribution in [1.82, 2.24) is 14.3 Å². The predicted octanol–water partition coefficient (Wildman–Crippen LogP) is 3.70. The minimum absolute atomic E-state index is 0.0986. The van der Waals surface area contributed by atoms with Crippen molar-refractivity contribution < 1.29 is 4.79 Å². The number of anilines is 1. The molecule has 0 spiro atoms. The van der Waals surface area contributed by atoms with E-state index in [-0.39, 0.29) is 11.8 Å². The quantitative estimate of drug-likeness (QED) is 0.776. The minimum atomic E-state index is 0.0986. The molecule has 1 fully saturated rings. The number of thiazole rings is 1. The average molecular weight is 358 g/mol. The second-order valence-electron chi connectivity index (χ2n) is 6.17. The lowest BCUT2D eigenvalue weighted by molar-refractivity contribution is -0.121. The van der Waals surface area contributed by atoms with Gasteiger partial charge in [0.05, 0.1) is 9.58 Å². The molecule has 0 saturated carbocycles. The van der Waals surface area contributed by atoms with Crippen molar-refractivity contribution >= 4 is 44.0 Å². The first kappa shape index (κ1) is 15.7. The number of carbonyl (C=O) groups is 1. The van der Waals surface area contributed by atoms with Gasteiger partial charge in [0.25, 0.3) is 0 Å². The van der Waals surface area contributed by atoms with Gasteiger partial charge >= 0.3 is 0 Å². The Morgan fingerprint density at radius 1 is 1.29 bits per heavy atom. The van der Waals surface area contributed by atoms with E-state index in [0.717, 1.165) is 41.8 Å². The second kappa shape index (κ2) is 6.58. The van der Waals surface area contributed by atoms with Gasteiger partial charge in [-0.3, -0.25) is 4.79 Å². The lowest BCUT2D eigenvalue weighted by Crippen LogP contribution is -2.35. The zero-order valence-corrected chi connectivity index (χ0v) is 15.0. The third-order valence-corrected chi connectivity index (χ3v) is 6.20. The molecule has 0 aliphatic carbocycles. The molecule has 7 heteroatoms. The third kappa shape index (κ3) is 3.19. The van der Waals surface area contributed by atoms with Gasteiger partial charge in [0, 0.05) is 23.7 Å². The highest BCUT2D eigenvalue weighted by atomic mass is 32.1. The van der Waals surface area contributed by atoms with Crippen molar-refractivity contribution in [3.05, 3.63) is 30.6 Å². The number of piperidine rings is 1. The number of fused-ring (bicyclic) bond motifs is 1. The fourth-order valence-electron chi connectivity index (χ4n) is 2.97. The number of hydrogen-bond acceptors (Lipinski definition) is 6. The molecule has 24 heavy (non-hydrogen) atoms. The largest absolute Gasteiger partial charge is 0.306 e. The van der Waals surface area contributed by atoms with Gasteiger partial charge in [-0.1, -0.05) is 17.4 Å². The van der Waals surface area contributed by atoms with Crippen molar-refractivity contribution in [1.29, 1.82) is 0 Å². The maximum Gasteiger partial charge on any atom is 0.229 e. The second-order valence-corrected chi connectivity index (χ2v) is 8.04. The van der Waals surface area contributed by atoms with Crippen molar-refractivity contribution in [3.8, 4) is 10.4 Å². The van der Waals surface area contributed by atoms with Crippen LogP contribution in [0.25, 0.3) is 20.5 Å². The van der Waals surface area contributed by atoms with E-state index >= 15 is 0 Å². The number of amides is 1. The SMILES string of the molecule is CN1CCC(C(=O)Nc2ncc(-c3ccc4sncc4c3)s2)CC1. The number of carbonyl (C=O) groups excluding carboxylic acids is 1. The lowest BCUT2D eigenvalue weighted by Gasteiger charge is -2.27. The van der Waals surface area contributed by atoms with Crippen LogP contribution in [-0.4, -0.2) is 40.3 Å². The topological polar surface area (TPSA) is 58.1 Å². The summed E-state index contributed by atoms with van der Waals surface area (Å²) in [5.74, 6) is 0.197. The Morgan fingerprint density at radius 3 is 2.96 bits per heavy atom. The van der Waals surface area contributed by atoms with E-state index in [2.05, 4.69) is 44.8 Å². The van der Waals surface area contributed by atoms with Crippen LogP contribution in [0.5, 0.6) is 0 Å². The zero-order chi connectivity index (χ0) is 16.5. The first-order valence-electron chi connectivity index (χ1n) is 7.99. The molecular formula is C17H18N4OS2. The molecular weight excluding hydrogens is 340 g/mol. The van der Waals surface area contributed by atoms with Gasteiger partial charge in [-0.05, 0) is 62.2 Å². The number of nitrogens with zero attached hydrogens (tertiary/aromatic N) is 3. The highest BCUT2D eigenvalue weighted by Crippen LogP contribution is 2.32. The van der Waals surface area contributed by atoms with E-state index in [1.165, 1.54) is 27.6 Å². The summed E-state index contributed by atoms with van der Waals surface area (Å²) in [6, 6.07) is 6.28. The number of hydrogen-bond donors (Lipinski definition) is 1. The molecule has 124 valence electrons. The molecule has 0 radical (unpaired) electrons. The first-order valence-corrected chi connectivity index (χ1v) is 9.58. The Morgan fingerprint density at radius 2 is 2.12 bits per heavy atom. The maximum atomic E-state index is 12.4. The van der Waals surface area contributed by atoms with Crippen LogP contribution in [0, 0.1) is 5.92 Å². The van der Waals surface area contributed by atoms with Crippen molar-refractivity contribution in [3.63, 3.8) is 0 Å². The summed E-state index contributed by atoms with van der Waals surface area (Å²) in [6.07, 6.45) is 5.55. The first-order chi connectivity index (χ1) is 11.7. The minimum Gasteiger partial charge on any atom is -0.306 e. The summed E-state index contributed by atoms with van der Waals surface area (Å²) in [4.78, 5) is 20.1. The molecule has 1 aromatic carbocycles. The van der Waals surface area contributed by atoms with Gasteiger partial charge in [-0.15, -0.1) is 0 Å². The van der Waals surface area contributed by atoms with E-state index in [0.29, 0.717) is 5.13 Å². The van der Waals surface area contributed by atoms with Gasteiger partial charge in [0.1, 0.15) is 0 Å². The summed E-state index contributed by atoms with van der Waals surface area (Å²) in [7, 11) is 2.10. The molecule has 5 nitrogen and oxygen atoms in total. The summed E-state index contributed by atoms with van der Waals surface area (Å²) in [5, 5.41) is 4.81. The van der Waals surface area contributed by atoms with E-state index in [1.807, 2.05) is 12.4 Å². The standard InChI is InChI=1S/C17H18N4OS2/c1-21-6-4-11(5-7-21)16(22)20-17-18-10-15(23-17)12-2-3-14-13(8-12)9-19-24-14/h2-3,8-11H,4-7H2,1H3,(H,18,20,22). The van der Waals surface area contributed by atoms with E-state index < -0.39 is 0 Å². The smallest absolute Gasteiger partial charge is 0.229 e. The van der Waals surface area contributed by atoms with Crippen molar-refractivity contribution in [2.45, 2.75) is 12.8 Å². The van der Waals surface area contributed by atoms with Crippen LogP contribution in [0.3, 0.4) is 0 Å². The normalized spacial score (nSPS) is 16.5. The van der Waals surface area contributed by atoms with Crippen LogP contribution in [0.1, 0.15) is 12.8 Å². The third-order valence-electron chi connectivity index (χ3n) is 4.46. The zero-order valence-electron chi connectivity index (χ0n) is 13.4. The Hall–Kier alpha value is -1.83. The molecule has 1 aliphatic heterocycles. The van der Waals surface area contributed by atoms with Crippen molar-refractivity contribution in [2.24, 2.45) is 5.92 Å². The van der Waals surface area contributed by atoms with Gasteiger partial charge in [0.15, 0.2) is 5.13 Å². The van der Waals surface area contributed by atoms with Crippen LogP contribution in [0.15, 0.2) is 30.6 Å². The van der Waals surface area contributed by atoms with Gasteiger partial charge in [0.2, 0.25) is 5.91 Å². The summed E-state index contributed by atoms with van der Waals surface area (Å²) in [6.45, 7) is 1.96. The Labute approximate surface area is 148 Å². The molecule has 1 N–H and O–H groups in total. The predicted molar refractivity (Wildman–Crippen MR) is 99.6 cm³/mol. The monoisotopic (exact) mass is 358 g/mol. The summed E-state index contributed by atoms with van der Waals surface area (Å²) < 4.78 is 5.39. The molecule has 1 amide bonds. The maximum absolute atomic E-state index is 12.4. The molecule has 1 aliphatic rings. The molecule has 4 rings (SSSR count). The average Bonchev–Trinajstić information content (AvgIpc) is 3.23.